The molecule has 0 heterocycles. The molecule has 1 aromatic rings. The highest BCUT2D eigenvalue weighted by Gasteiger charge is 2.34. The number of unbranched alkanes of at least 4 members (excludes halogenated alkanes) is 5. The highest BCUT2D eigenvalue weighted by molar-refractivity contribution is 5.38. The molecule has 2 aliphatic rings. The predicted molar refractivity (Wildman–Crippen MR) is 120 cm³/mol. The molecule has 0 nitrogen and oxygen atoms in total. The summed E-state index contributed by atoms with van der Waals surface area (Å²) in [7, 11) is 0. The van der Waals surface area contributed by atoms with Crippen molar-refractivity contribution in [2.45, 2.75) is 128 Å². The number of benzene rings is 1. The highest BCUT2D eigenvalue weighted by Crippen LogP contribution is 2.44. The monoisotopic (exact) mass is 368 g/mol. The zero-order chi connectivity index (χ0) is 19.0. The molecule has 1 saturated carbocycles. The van der Waals surface area contributed by atoms with Gasteiger partial charge in [0.05, 0.1) is 0 Å². The lowest BCUT2D eigenvalue weighted by atomic mass is 9.65. The van der Waals surface area contributed by atoms with Crippen molar-refractivity contribution in [3.05, 3.63) is 34.9 Å². The Kier molecular flexibility index (Phi) is 8.28. The summed E-state index contributed by atoms with van der Waals surface area (Å²) in [5, 5.41) is 0. The van der Waals surface area contributed by atoms with Crippen molar-refractivity contribution in [1.29, 1.82) is 0 Å². The van der Waals surface area contributed by atoms with Gasteiger partial charge in [-0.2, -0.15) is 0 Å². The molecule has 0 bridgehead atoms. The van der Waals surface area contributed by atoms with Crippen LogP contribution in [0.5, 0.6) is 0 Å². The largest absolute Gasteiger partial charge is 0.0654 e. The number of fused-ring (bicyclic) bond motifs is 1. The minimum atomic E-state index is 0.513. The average molecular weight is 369 g/mol. The molecule has 0 N–H and O–H groups in total. The summed E-state index contributed by atoms with van der Waals surface area (Å²) < 4.78 is 0. The first-order valence-electron chi connectivity index (χ1n) is 12.4. The Bertz CT molecular complexity index is 549. The lowest BCUT2D eigenvalue weighted by Gasteiger charge is -2.39. The molecule has 152 valence electrons. The minimum absolute atomic E-state index is 0.513. The first-order valence-corrected chi connectivity index (χ1v) is 12.4. The van der Waals surface area contributed by atoms with Gasteiger partial charge in [0.2, 0.25) is 0 Å². The van der Waals surface area contributed by atoms with E-state index in [4.69, 9.17) is 0 Å². The third-order valence-corrected chi connectivity index (χ3v) is 7.68. The smallest absolute Gasteiger partial charge is 0.00469 e. The molecule has 0 aromatic heterocycles. The standard InChI is InChI=1S/C27H44/c1-3-5-7-9-13-23-14-15-25-22-26(17-16-24(25)21-23)27(18-10-6-4-2)19-11-8-12-20-27/h16-17,22-23H,3-15,18-21H2,1-2H3. The quantitative estimate of drug-likeness (QED) is 0.363. The van der Waals surface area contributed by atoms with E-state index in [0.717, 1.165) is 5.92 Å². The van der Waals surface area contributed by atoms with E-state index < -0.39 is 0 Å². The maximum Gasteiger partial charge on any atom is -0.00469 e. The van der Waals surface area contributed by atoms with Gasteiger partial charge in [-0.25, -0.2) is 0 Å². The topological polar surface area (TPSA) is 0 Å². The van der Waals surface area contributed by atoms with Crippen LogP contribution in [0.3, 0.4) is 0 Å². The van der Waals surface area contributed by atoms with Crippen LogP contribution in [-0.2, 0) is 18.3 Å². The molecule has 0 aliphatic heterocycles. The summed E-state index contributed by atoms with van der Waals surface area (Å²) >= 11 is 0. The second-order valence-electron chi connectivity index (χ2n) is 9.74. The number of hydrogen-bond acceptors (Lipinski definition) is 0. The fraction of sp³-hybridized carbons (Fsp3) is 0.778. The summed E-state index contributed by atoms with van der Waals surface area (Å²) in [6, 6.07) is 7.76. The van der Waals surface area contributed by atoms with Crippen LogP contribution in [0.1, 0.15) is 127 Å². The van der Waals surface area contributed by atoms with E-state index in [1.54, 1.807) is 16.7 Å². The maximum absolute atomic E-state index is 2.67. The van der Waals surface area contributed by atoms with Crippen LogP contribution in [-0.4, -0.2) is 0 Å². The molecule has 1 atom stereocenters. The average Bonchev–Trinajstić information content (AvgIpc) is 2.72. The first kappa shape index (κ1) is 20.9. The van der Waals surface area contributed by atoms with Crippen LogP contribution in [0.2, 0.25) is 0 Å². The van der Waals surface area contributed by atoms with Crippen molar-refractivity contribution >= 4 is 0 Å². The van der Waals surface area contributed by atoms with Crippen molar-refractivity contribution in [3.8, 4) is 0 Å². The Morgan fingerprint density at radius 1 is 0.852 bits per heavy atom. The van der Waals surface area contributed by atoms with Gasteiger partial charge >= 0.3 is 0 Å². The van der Waals surface area contributed by atoms with Gasteiger partial charge in [-0.3, -0.25) is 0 Å². The third-order valence-electron chi connectivity index (χ3n) is 7.68. The summed E-state index contributed by atoms with van der Waals surface area (Å²) in [4.78, 5) is 0. The van der Waals surface area contributed by atoms with Crippen molar-refractivity contribution in [1.82, 2.24) is 0 Å². The van der Waals surface area contributed by atoms with E-state index >= 15 is 0 Å². The van der Waals surface area contributed by atoms with E-state index in [1.165, 1.54) is 109 Å². The Balaban J connectivity index is 1.66. The molecule has 0 saturated heterocycles. The van der Waals surface area contributed by atoms with E-state index in [2.05, 4.69) is 32.0 Å². The van der Waals surface area contributed by atoms with Crippen LogP contribution in [0.4, 0.5) is 0 Å². The van der Waals surface area contributed by atoms with Crippen molar-refractivity contribution in [2.75, 3.05) is 0 Å². The zero-order valence-corrected chi connectivity index (χ0v) is 18.3. The van der Waals surface area contributed by atoms with E-state index in [-0.39, 0.29) is 0 Å². The van der Waals surface area contributed by atoms with Gasteiger partial charge in [0, 0.05) is 0 Å². The molecule has 0 amide bonds. The second kappa shape index (κ2) is 10.7. The molecule has 3 rings (SSSR count). The molecule has 1 fully saturated rings. The zero-order valence-electron chi connectivity index (χ0n) is 18.3. The molecule has 1 unspecified atom stereocenters. The number of hydrogen-bond donors (Lipinski definition) is 0. The molecule has 0 radical (unpaired) electrons. The summed E-state index contributed by atoms with van der Waals surface area (Å²) in [5.74, 6) is 0.952. The highest BCUT2D eigenvalue weighted by atomic mass is 14.4. The lowest BCUT2D eigenvalue weighted by Crippen LogP contribution is -2.29. The first-order chi connectivity index (χ1) is 13.3. The Morgan fingerprint density at radius 2 is 1.63 bits per heavy atom. The van der Waals surface area contributed by atoms with Crippen molar-refractivity contribution in [2.24, 2.45) is 5.92 Å². The molecule has 27 heavy (non-hydrogen) atoms. The Morgan fingerprint density at radius 3 is 2.41 bits per heavy atom. The summed E-state index contributed by atoms with van der Waals surface area (Å²) in [6.07, 6.45) is 24.1. The number of rotatable bonds is 10. The van der Waals surface area contributed by atoms with Crippen LogP contribution in [0.25, 0.3) is 0 Å². The molecule has 0 heteroatoms. The van der Waals surface area contributed by atoms with E-state index in [9.17, 15) is 0 Å². The maximum atomic E-state index is 2.67. The molecular weight excluding hydrogens is 324 g/mol. The Labute approximate surface area is 169 Å². The fourth-order valence-corrected chi connectivity index (χ4v) is 5.89. The minimum Gasteiger partial charge on any atom is -0.0654 e. The van der Waals surface area contributed by atoms with Crippen LogP contribution >= 0.6 is 0 Å². The predicted octanol–water partition coefficient (Wildman–Crippen LogP) is 8.54. The van der Waals surface area contributed by atoms with Gasteiger partial charge in [0.15, 0.2) is 0 Å². The third kappa shape index (κ3) is 5.61. The summed E-state index contributed by atoms with van der Waals surface area (Å²) in [5.41, 5.74) is 5.61. The SMILES string of the molecule is CCCCCCC1CCc2cc(C3(CCCCC)CCCCC3)ccc2C1. The fourth-order valence-electron chi connectivity index (χ4n) is 5.89. The molecular formula is C27H44. The van der Waals surface area contributed by atoms with Gasteiger partial charge in [-0.1, -0.05) is 103 Å². The van der Waals surface area contributed by atoms with Crippen molar-refractivity contribution in [3.63, 3.8) is 0 Å². The van der Waals surface area contributed by atoms with Crippen LogP contribution < -0.4 is 0 Å². The normalized spacial score (nSPS) is 21.8. The van der Waals surface area contributed by atoms with Crippen molar-refractivity contribution < 1.29 is 0 Å². The van der Waals surface area contributed by atoms with Crippen LogP contribution in [0.15, 0.2) is 18.2 Å². The van der Waals surface area contributed by atoms with Gasteiger partial charge in [-0.15, -0.1) is 0 Å². The van der Waals surface area contributed by atoms with E-state index in [0.29, 0.717) is 5.41 Å². The second-order valence-corrected chi connectivity index (χ2v) is 9.74. The molecule has 2 aliphatic carbocycles. The summed E-state index contributed by atoms with van der Waals surface area (Å²) in [6.45, 7) is 4.65. The Hall–Kier alpha value is -0.780. The van der Waals surface area contributed by atoms with E-state index in [1.807, 2.05) is 0 Å². The van der Waals surface area contributed by atoms with Gasteiger partial charge in [0.1, 0.15) is 0 Å². The van der Waals surface area contributed by atoms with Gasteiger partial charge in [0.25, 0.3) is 0 Å². The van der Waals surface area contributed by atoms with Gasteiger partial charge < -0.3 is 0 Å². The van der Waals surface area contributed by atoms with Gasteiger partial charge in [-0.05, 0) is 66.5 Å². The lowest BCUT2D eigenvalue weighted by molar-refractivity contribution is 0.265. The molecule has 0 spiro atoms. The van der Waals surface area contributed by atoms with Crippen LogP contribution in [0, 0.1) is 5.92 Å². The molecule has 1 aromatic carbocycles. The number of aryl methyl sites for hydroxylation is 1.